The highest BCUT2D eigenvalue weighted by Crippen LogP contribution is 2.45. The number of hydrogen-bond donors (Lipinski definition) is 0. The molecule has 344 valence electrons. The summed E-state index contributed by atoms with van der Waals surface area (Å²) in [5, 5.41) is 6.70. The third-order valence-electron chi connectivity index (χ3n) is 14.2. The third kappa shape index (κ3) is 7.26. The lowest BCUT2D eigenvalue weighted by Gasteiger charge is -2.27. The summed E-state index contributed by atoms with van der Waals surface area (Å²) in [6.07, 6.45) is 0. The average Bonchev–Trinajstić information content (AvgIpc) is 3.93. The molecule has 0 aliphatic heterocycles. The molecule has 0 fully saturated rings. The molecular weight excluding hydrogens is 887 g/mol. The lowest BCUT2D eigenvalue weighted by Crippen LogP contribution is -2.10. The summed E-state index contributed by atoms with van der Waals surface area (Å²) in [6, 6.07) is 82.6. The summed E-state index contributed by atoms with van der Waals surface area (Å²) < 4.78 is 33.8. The van der Waals surface area contributed by atoms with Crippen LogP contribution in [0.3, 0.4) is 0 Å². The molecule has 0 spiro atoms. The van der Waals surface area contributed by atoms with Crippen LogP contribution < -0.4 is 9.80 Å². The van der Waals surface area contributed by atoms with Crippen LogP contribution in [-0.4, -0.2) is 9.13 Å². The van der Waals surface area contributed by atoms with E-state index in [2.05, 4.69) is 227 Å². The highest BCUT2D eigenvalue weighted by atomic mass is 19.1. The van der Waals surface area contributed by atoms with Crippen LogP contribution in [0.2, 0.25) is 0 Å². The Hall–Kier alpha value is -9.26. The molecule has 0 N–H and O–H groups in total. The molecule has 13 aromatic rings. The van der Waals surface area contributed by atoms with Gasteiger partial charge in [-0.2, -0.15) is 0 Å². The Morgan fingerprint density at radius 3 is 1.24 bits per heavy atom. The van der Waals surface area contributed by atoms with E-state index in [1.54, 1.807) is 0 Å². The van der Waals surface area contributed by atoms with Crippen LogP contribution >= 0.6 is 0 Å². The first-order valence-corrected chi connectivity index (χ1v) is 24.3. The molecule has 0 atom stereocenters. The van der Waals surface area contributed by atoms with Gasteiger partial charge in [-0.25, -0.2) is 8.78 Å². The van der Waals surface area contributed by atoms with E-state index in [4.69, 9.17) is 0 Å². The monoisotopic (exact) mass is 932 g/mol. The molecule has 0 saturated carbocycles. The molecule has 72 heavy (non-hydrogen) atoms. The van der Waals surface area contributed by atoms with Gasteiger partial charge < -0.3 is 18.9 Å². The van der Waals surface area contributed by atoms with Crippen molar-refractivity contribution < 1.29 is 8.78 Å². The van der Waals surface area contributed by atoms with E-state index in [0.29, 0.717) is 0 Å². The summed E-state index contributed by atoms with van der Waals surface area (Å²) in [4.78, 5) is 4.43. The zero-order chi connectivity index (χ0) is 48.5. The Bertz CT molecular complexity index is 4170. The maximum Gasteiger partial charge on any atom is 0.123 e. The van der Waals surface area contributed by atoms with Gasteiger partial charge >= 0.3 is 0 Å². The summed E-state index contributed by atoms with van der Waals surface area (Å²) >= 11 is 0. The molecule has 0 bridgehead atoms. The molecule has 0 unspecified atom stereocenters. The van der Waals surface area contributed by atoms with Gasteiger partial charge in [-0.05, 0) is 170 Å². The van der Waals surface area contributed by atoms with Crippen LogP contribution in [0.25, 0.3) is 76.9 Å². The summed E-state index contributed by atoms with van der Waals surface area (Å²) in [5.41, 5.74) is 16.8. The highest BCUT2D eigenvalue weighted by molar-refractivity contribution is 6.13. The van der Waals surface area contributed by atoms with E-state index < -0.39 is 0 Å². The number of anilines is 6. The van der Waals surface area contributed by atoms with Crippen molar-refractivity contribution in [3.05, 3.63) is 265 Å². The van der Waals surface area contributed by atoms with Crippen molar-refractivity contribution in [2.45, 2.75) is 13.8 Å². The number of halogens is 2. The molecular formula is C66H46F2N4. The normalized spacial score (nSPS) is 11.6. The van der Waals surface area contributed by atoms with Gasteiger partial charge in [0.15, 0.2) is 0 Å². The van der Waals surface area contributed by atoms with Gasteiger partial charge in [-0.15, -0.1) is 0 Å². The predicted molar refractivity (Wildman–Crippen MR) is 297 cm³/mol. The van der Waals surface area contributed by atoms with E-state index in [1.165, 1.54) is 35.4 Å². The zero-order valence-corrected chi connectivity index (χ0v) is 39.6. The molecule has 2 heterocycles. The van der Waals surface area contributed by atoms with Crippen molar-refractivity contribution in [3.63, 3.8) is 0 Å². The molecule has 4 nitrogen and oxygen atoms in total. The van der Waals surface area contributed by atoms with Crippen molar-refractivity contribution in [3.8, 4) is 22.5 Å². The number of fused-ring (bicyclic) bond motifs is 7. The summed E-state index contributed by atoms with van der Waals surface area (Å²) in [5.74, 6) is -0.575. The van der Waals surface area contributed by atoms with Crippen LogP contribution in [0.5, 0.6) is 0 Å². The molecule has 0 aliphatic carbocycles. The van der Waals surface area contributed by atoms with Gasteiger partial charge in [-0.1, -0.05) is 114 Å². The Balaban J connectivity index is 0.919. The van der Waals surface area contributed by atoms with Crippen LogP contribution in [-0.2, 0) is 0 Å². The minimum Gasteiger partial charge on any atom is -0.310 e. The minimum atomic E-state index is -0.289. The fourth-order valence-corrected chi connectivity index (χ4v) is 10.7. The summed E-state index contributed by atoms with van der Waals surface area (Å²) in [7, 11) is 0. The maximum atomic E-state index is 14.7. The second-order valence-corrected chi connectivity index (χ2v) is 18.6. The van der Waals surface area contributed by atoms with Gasteiger partial charge in [0.1, 0.15) is 11.6 Å². The van der Waals surface area contributed by atoms with Gasteiger partial charge in [-0.3, -0.25) is 0 Å². The number of rotatable bonds is 9. The van der Waals surface area contributed by atoms with E-state index >= 15 is 0 Å². The largest absolute Gasteiger partial charge is 0.310 e. The lowest BCUT2D eigenvalue weighted by atomic mass is 9.96. The molecule has 0 saturated heterocycles. The fourth-order valence-electron chi connectivity index (χ4n) is 10.7. The third-order valence-corrected chi connectivity index (χ3v) is 14.2. The molecule has 2 aromatic heterocycles. The Labute approximate surface area is 416 Å². The average molecular weight is 933 g/mol. The van der Waals surface area contributed by atoms with Crippen molar-refractivity contribution in [2.75, 3.05) is 9.80 Å². The van der Waals surface area contributed by atoms with E-state index in [-0.39, 0.29) is 11.6 Å². The first kappa shape index (κ1) is 42.8. The standard InChI is InChI=1S/C66H46F2N4/c1-43-17-27-51(28-18-43)71-63-14-5-3-9-58(63)60-41-53(37-39-65(60)71)69(49-33-23-46(67)24-34-49)48-31-21-45(22-32-48)55-11-7-13-57-56(55)12-8-16-62(57)70(50-35-25-47(68)26-36-50)54-38-40-66-61(42-54)59-10-4-6-15-64(59)72(66)52-29-19-44(2)20-30-52/h3-42H,1-2H3. The molecule has 13 rings (SSSR count). The van der Waals surface area contributed by atoms with Crippen molar-refractivity contribution >= 4 is 88.5 Å². The number of aromatic nitrogens is 2. The number of aryl methyl sites for hydroxylation is 2. The highest BCUT2D eigenvalue weighted by Gasteiger charge is 2.22. The SMILES string of the molecule is Cc1ccc(-n2c3ccccc3c3cc(N(c4ccc(F)cc4)c4ccc(-c5cccc6c(N(c7ccc(F)cc7)c7ccc8c(c7)c7ccccc7n8-c7ccc(C)cc7)cccc56)cc4)ccc32)cc1. The van der Waals surface area contributed by atoms with Gasteiger partial charge in [0, 0.05) is 66.7 Å². The number of nitrogens with zero attached hydrogens (tertiary/aromatic N) is 4. The van der Waals surface area contributed by atoms with Crippen molar-refractivity contribution in [1.82, 2.24) is 9.13 Å². The minimum absolute atomic E-state index is 0.287. The van der Waals surface area contributed by atoms with Gasteiger partial charge in [0.25, 0.3) is 0 Å². The molecule has 0 radical (unpaired) electrons. The van der Waals surface area contributed by atoms with Gasteiger partial charge in [0.05, 0.1) is 27.8 Å². The number of para-hydroxylation sites is 2. The number of benzene rings is 11. The molecule has 0 aliphatic rings. The van der Waals surface area contributed by atoms with Crippen LogP contribution in [0.1, 0.15) is 11.1 Å². The topological polar surface area (TPSA) is 16.3 Å². The Morgan fingerprint density at radius 1 is 0.306 bits per heavy atom. The van der Waals surface area contributed by atoms with Crippen LogP contribution in [0.4, 0.5) is 42.9 Å². The second kappa shape index (κ2) is 17.3. The van der Waals surface area contributed by atoms with Crippen LogP contribution in [0, 0.1) is 25.5 Å². The van der Waals surface area contributed by atoms with E-state index in [1.807, 2.05) is 24.3 Å². The second-order valence-electron chi connectivity index (χ2n) is 18.6. The molecule has 0 amide bonds. The fraction of sp³-hybridized carbons (Fsp3) is 0.0303. The smallest absolute Gasteiger partial charge is 0.123 e. The van der Waals surface area contributed by atoms with E-state index in [9.17, 15) is 8.78 Å². The van der Waals surface area contributed by atoms with Crippen molar-refractivity contribution in [2.24, 2.45) is 0 Å². The van der Waals surface area contributed by atoms with Gasteiger partial charge in [0.2, 0.25) is 0 Å². The predicted octanol–water partition coefficient (Wildman–Crippen LogP) is 18.5. The van der Waals surface area contributed by atoms with Crippen LogP contribution in [0.15, 0.2) is 243 Å². The quantitative estimate of drug-likeness (QED) is 0.143. The Kier molecular flexibility index (Phi) is 10.3. The zero-order valence-electron chi connectivity index (χ0n) is 39.6. The molecule has 6 heteroatoms. The molecule has 11 aromatic carbocycles. The lowest BCUT2D eigenvalue weighted by molar-refractivity contribution is 0.627. The Morgan fingerprint density at radius 2 is 0.708 bits per heavy atom. The van der Waals surface area contributed by atoms with E-state index in [0.717, 1.165) is 111 Å². The van der Waals surface area contributed by atoms with Crippen molar-refractivity contribution in [1.29, 1.82) is 0 Å². The first-order chi connectivity index (χ1) is 35.3. The number of hydrogen-bond acceptors (Lipinski definition) is 2. The maximum absolute atomic E-state index is 14.7. The summed E-state index contributed by atoms with van der Waals surface area (Å²) in [6.45, 7) is 4.22. The first-order valence-electron chi connectivity index (χ1n) is 24.3.